The minimum atomic E-state index is -0.0887. The number of H-pyrrole nitrogens is 1. The zero-order valence-corrected chi connectivity index (χ0v) is 15.7. The number of amides is 1. The van der Waals surface area contributed by atoms with Gasteiger partial charge in [-0.3, -0.25) is 4.79 Å². The largest absolute Gasteiger partial charge is 0.483 e. The Bertz CT molecular complexity index is 745. The zero-order valence-electron chi connectivity index (χ0n) is 15.7. The van der Waals surface area contributed by atoms with Crippen LogP contribution in [0.25, 0.3) is 0 Å². The second-order valence-electron chi connectivity index (χ2n) is 7.06. The smallest absolute Gasteiger partial charge is 0.260 e. The summed E-state index contributed by atoms with van der Waals surface area (Å²) in [6, 6.07) is 6.12. The van der Waals surface area contributed by atoms with Crippen molar-refractivity contribution < 1.29 is 14.3 Å². The third-order valence-corrected chi connectivity index (χ3v) is 4.88. The van der Waals surface area contributed by atoms with E-state index < -0.39 is 0 Å². The van der Waals surface area contributed by atoms with Crippen LogP contribution in [0.2, 0.25) is 0 Å². The number of ether oxygens (including phenoxy) is 2. The van der Waals surface area contributed by atoms with Gasteiger partial charge in [0.1, 0.15) is 5.75 Å². The molecule has 0 bridgehead atoms. The molecule has 2 heterocycles. The van der Waals surface area contributed by atoms with Gasteiger partial charge in [-0.25, -0.2) is 0 Å². The number of nitrogens with one attached hydrogen (secondary N) is 1. The Labute approximate surface area is 153 Å². The molecule has 2 atom stereocenters. The van der Waals surface area contributed by atoms with Gasteiger partial charge in [0.15, 0.2) is 6.61 Å². The molecule has 7 nitrogen and oxygen atoms in total. The Hall–Kier alpha value is -2.41. The maximum Gasteiger partial charge on any atom is 0.260 e. The summed E-state index contributed by atoms with van der Waals surface area (Å²) in [5.41, 5.74) is 3.04. The minimum Gasteiger partial charge on any atom is -0.483 e. The lowest BCUT2D eigenvalue weighted by molar-refractivity contribution is -0.132. The summed E-state index contributed by atoms with van der Waals surface area (Å²) in [7, 11) is 1.66. The quantitative estimate of drug-likeness (QED) is 0.857. The monoisotopic (exact) mass is 358 g/mol. The number of aryl methyl sites for hydroxylation is 1. The van der Waals surface area contributed by atoms with Gasteiger partial charge >= 0.3 is 0 Å². The number of carbonyl (C=O) groups is 1. The average Bonchev–Trinajstić information content (AvgIpc) is 3.28. The molecule has 140 valence electrons. The van der Waals surface area contributed by atoms with Crippen molar-refractivity contribution in [2.75, 3.05) is 26.8 Å². The van der Waals surface area contributed by atoms with E-state index in [4.69, 9.17) is 9.47 Å². The molecule has 26 heavy (non-hydrogen) atoms. The van der Waals surface area contributed by atoms with Crippen LogP contribution >= 0.6 is 0 Å². The number of hydrogen-bond acceptors (Lipinski definition) is 5. The summed E-state index contributed by atoms with van der Waals surface area (Å²) in [6.45, 7) is 7.35. The molecule has 0 aliphatic carbocycles. The maximum absolute atomic E-state index is 12.7. The van der Waals surface area contributed by atoms with E-state index in [2.05, 4.69) is 41.4 Å². The van der Waals surface area contributed by atoms with Gasteiger partial charge in [-0.2, -0.15) is 15.4 Å². The van der Waals surface area contributed by atoms with E-state index in [0.29, 0.717) is 19.0 Å². The number of rotatable bonds is 6. The van der Waals surface area contributed by atoms with Crippen molar-refractivity contribution in [3.63, 3.8) is 0 Å². The van der Waals surface area contributed by atoms with Gasteiger partial charge in [-0.15, -0.1) is 0 Å². The predicted octanol–water partition coefficient (Wildman–Crippen LogP) is 2.26. The van der Waals surface area contributed by atoms with Crippen molar-refractivity contribution in [1.29, 1.82) is 0 Å². The first-order valence-electron chi connectivity index (χ1n) is 8.89. The van der Waals surface area contributed by atoms with Gasteiger partial charge in [-0.05, 0) is 30.0 Å². The van der Waals surface area contributed by atoms with Crippen LogP contribution in [-0.2, 0) is 9.53 Å². The van der Waals surface area contributed by atoms with E-state index in [1.165, 1.54) is 0 Å². The molecule has 1 aliphatic heterocycles. The van der Waals surface area contributed by atoms with Crippen LogP contribution < -0.4 is 4.74 Å². The fraction of sp³-hybridized carbons (Fsp3) is 0.526. The van der Waals surface area contributed by atoms with Crippen molar-refractivity contribution in [1.82, 2.24) is 20.3 Å². The Morgan fingerprint density at radius 2 is 2.19 bits per heavy atom. The summed E-state index contributed by atoms with van der Waals surface area (Å²) < 4.78 is 11.4. The molecule has 7 heteroatoms. The van der Waals surface area contributed by atoms with E-state index in [1.807, 2.05) is 13.0 Å². The highest BCUT2D eigenvalue weighted by Gasteiger charge is 2.37. The first kappa shape index (κ1) is 18.4. The molecule has 1 N–H and O–H groups in total. The summed E-state index contributed by atoms with van der Waals surface area (Å²) in [4.78, 5) is 14.4. The maximum atomic E-state index is 12.7. The average molecular weight is 358 g/mol. The molecular formula is C19H26N4O3. The number of carbonyl (C=O) groups excluding carboxylic acids is 1. The fourth-order valence-electron chi connectivity index (χ4n) is 3.36. The number of benzene rings is 1. The van der Waals surface area contributed by atoms with Gasteiger partial charge in [0, 0.05) is 20.2 Å². The second kappa shape index (κ2) is 7.86. The molecule has 0 radical (unpaired) electrons. The van der Waals surface area contributed by atoms with Crippen LogP contribution in [-0.4, -0.2) is 59.1 Å². The van der Waals surface area contributed by atoms with Crippen LogP contribution in [0.1, 0.15) is 42.5 Å². The van der Waals surface area contributed by atoms with Gasteiger partial charge in [-0.1, -0.05) is 26.0 Å². The van der Waals surface area contributed by atoms with E-state index in [1.54, 1.807) is 18.2 Å². The van der Waals surface area contributed by atoms with Gasteiger partial charge in [0.05, 0.1) is 23.9 Å². The highest BCUT2D eigenvalue weighted by Crippen LogP contribution is 2.29. The lowest BCUT2D eigenvalue weighted by Gasteiger charge is -2.18. The molecular weight excluding hydrogens is 332 g/mol. The molecule has 0 unspecified atom stereocenters. The van der Waals surface area contributed by atoms with E-state index in [9.17, 15) is 4.79 Å². The van der Waals surface area contributed by atoms with Crippen LogP contribution in [0.3, 0.4) is 0 Å². The summed E-state index contributed by atoms with van der Waals surface area (Å²) >= 11 is 0. The highest BCUT2D eigenvalue weighted by molar-refractivity contribution is 5.78. The molecule has 3 rings (SSSR count). The van der Waals surface area contributed by atoms with Gasteiger partial charge < -0.3 is 14.4 Å². The van der Waals surface area contributed by atoms with Crippen molar-refractivity contribution in [3.05, 3.63) is 41.2 Å². The summed E-state index contributed by atoms with van der Waals surface area (Å²) in [5.74, 6) is 1.09. The third-order valence-electron chi connectivity index (χ3n) is 4.88. The minimum absolute atomic E-state index is 0.0190. The molecule has 2 aromatic rings. The van der Waals surface area contributed by atoms with Crippen LogP contribution in [0.5, 0.6) is 5.75 Å². The Morgan fingerprint density at radius 3 is 2.85 bits per heavy atom. The SMILES string of the molecule is CO[C@@H]1CN(C(=O)COc2cc(C)ccc2C(C)C)C[C@H]1c1cn[nH]n1. The van der Waals surface area contributed by atoms with Crippen LogP contribution in [0.15, 0.2) is 24.4 Å². The normalized spacial score (nSPS) is 20.0. The number of methoxy groups -OCH3 is 1. The molecule has 1 amide bonds. The van der Waals surface area contributed by atoms with E-state index in [-0.39, 0.29) is 24.5 Å². The second-order valence-corrected chi connectivity index (χ2v) is 7.06. The standard InChI is InChI=1S/C19H26N4O3/c1-12(2)14-6-5-13(3)7-17(14)26-11-19(24)23-9-15(18(10-23)25-4)16-8-20-22-21-16/h5-8,12,15,18H,9-11H2,1-4H3,(H,20,21,22)/t15-,18+/m0/s1. The number of likely N-dealkylation sites (tertiary alicyclic amines) is 1. The van der Waals surface area contributed by atoms with Crippen molar-refractivity contribution in [2.45, 2.75) is 38.7 Å². The third kappa shape index (κ3) is 3.88. The Balaban J connectivity index is 1.65. The van der Waals surface area contributed by atoms with Gasteiger partial charge in [0.25, 0.3) is 5.91 Å². The Kier molecular flexibility index (Phi) is 5.56. The first-order chi connectivity index (χ1) is 12.5. The number of aromatic amines is 1. The number of aromatic nitrogens is 3. The molecule has 0 spiro atoms. The molecule has 1 aromatic heterocycles. The molecule has 0 saturated carbocycles. The van der Waals surface area contributed by atoms with Crippen LogP contribution in [0, 0.1) is 6.92 Å². The lowest BCUT2D eigenvalue weighted by atomic mass is 10.0. The highest BCUT2D eigenvalue weighted by atomic mass is 16.5. The topological polar surface area (TPSA) is 80.3 Å². The summed E-state index contributed by atoms with van der Waals surface area (Å²) in [5, 5.41) is 10.6. The van der Waals surface area contributed by atoms with E-state index >= 15 is 0 Å². The van der Waals surface area contributed by atoms with Crippen molar-refractivity contribution in [2.24, 2.45) is 0 Å². The molecule has 1 fully saturated rings. The predicted molar refractivity (Wildman–Crippen MR) is 97.3 cm³/mol. The Morgan fingerprint density at radius 1 is 1.38 bits per heavy atom. The first-order valence-corrected chi connectivity index (χ1v) is 8.89. The zero-order chi connectivity index (χ0) is 18.7. The van der Waals surface area contributed by atoms with Crippen molar-refractivity contribution >= 4 is 5.91 Å². The fourth-order valence-corrected chi connectivity index (χ4v) is 3.36. The number of nitrogens with zero attached hydrogens (tertiary/aromatic N) is 3. The lowest BCUT2D eigenvalue weighted by Crippen LogP contribution is -2.34. The molecule has 1 aromatic carbocycles. The van der Waals surface area contributed by atoms with E-state index in [0.717, 1.165) is 22.6 Å². The number of hydrogen-bond donors (Lipinski definition) is 1. The summed E-state index contributed by atoms with van der Waals surface area (Å²) in [6.07, 6.45) is 1.59. The van der Waals surface area contributed by atoms with Gasteiger partial charge in [0.2, 0.25) is 0 Å². The molecule has 1 aliphatic rings. The molecule has 1 saturated heterocycles. The van der Waals surface area contributed by atoms with Crippen molar-refractivity contribution in [3.8, 4) is 5.75 Å². The van der Waals surface area contributed by atoms with Crippen LogP contribution in [0.4, 0.5) is 0 Å².